The third kappa shape index (κ3) is 3.73. The molecule has 106 valence electrons. The summed E-state index contributed by atoms with van der Waals surface area (Å²) in [6.45, 7) is 3.99. The van der Waals surface area contributed by atoms with Crippen LogP contribution in [0.4, 0.5) is 0 Å². The molecule has 3 heteroatoms. The fraction of sp³-hybridized carbons (Fsp3) is 0.353. The second kappa shape index (κ2) is 6.42. The molecule has 0 amide bonds. The van der Waals surface area contributed by atoms with Crippen molar-refractivity contribution in [3.63, 3.8) is 0 Å². The molecule has 2 rings (SSSR count). The summed E-state index contributed by atoms with van der Waals surface area (Å²) in [5, 5.41) is 8.67. The Labute approximate surface area is 119 Å². The van der Waals surface area contributed by atoms with Crippen molar-refractivity contribution in [1.82, 2.24) is 0 Å². The monoisotopic (exact) mass is 272 g/mol. The smallest absolute Gasteiger partial charge is 0.328 e. The maximum atomic E-state index is 10.6. The van der Waals surface area contributed by atoms with Crippen molar-refractivity contribution < 1.29 is 14.6 Å². The van der Waals surface area contributed by atoms with Gasteiger partial charge in [-0.15, -0.1) is 0 Å². The normalized spacial score (nSPS) is 18.4. The Balaban J connectivity index is 2.20. The van der Waals surface area contributed by atoms with Gasteiger partial charge in [0.25, 0.3) is 0 Å². The molecule has 0 heterocycles. The number of rotatable bonds is 4. The standard InChI is InChI=1S/C17H20O3/c1-12-10-14(8-9-16(18)19)11-13(2)17(12)20-15-6-4-3-5-7-15/h4,6,8-11,15H,3,5,7H2,1-2H3,(H,18,19)/b9-8+. The number of hydrogen-bond donors (Lipinski definition) is 1. The summed E-state index contributed by atoms with van der Waals surface area (Å²) in [4.78, 5) is 10.6. The largest absolute Gasteiger partial charge is 0.486 e. The lowest BCUT2D eigenvalue weighted by atomic mass is 10.0. The fourth-order valence-corrected chi connectivity index (χ4v) is 2.46. The van der Waals surface area contributed by atoms with E-state index in [1.807, 2.05) is 26.0 Å². The highest BCUT2D eigenvalue weighted by atomic mass is 16.5. The van der Waals surface area contributed by atoms with Crippen LogP contribution in [0, 0.1) is 13.8 Å². The number of aliphatic carboxylic acids is 1. The molecule has 0 spiro atoms. The van der Waals surface area contributed by atoms with E-state index in [1.165, 1.54) is 6.42 Å². The van der Waals surface area contributed by atoms with Crippen molar-refractivity contribution in [2.75, 3.05) is 0 Å². The molecule has 0 radical (unpaired) electrons. The van der Waals surface area contributed by atoms with Crippen LogP contribution in [0.3, 0.4) is 0 Å². The Hall–Kier alpha value is -2.03. The molecule has 0 aromatic heterocycles. The van der Waals surface area contributed by atoms with Gasteiger partial charge in [-0.25, -0.2) is 4.79 Å². The number of carboxylic acids is 1. The molecule has 0 saturated carbocycles. The van der Waals surface area contributed by atoms with Crippen molar-refractivity contribution in [1.29, 1.82) is 0 Å². The fourth-order valence-electron chi connectivity index (χ4n) is 2.46. The van der Waals surface area contributed by atoms with Crippen LogP contribution < -0.4 is 4.74 Å². The minimum absolute atomic E-state index is 0.154. The van der Waals surface area contributed by atoms with E-state index in [0.717, 1.165) is 41.4 Å². The highest BCUT2D eigenvalue weighted by Crippen LogP contribution is 2.28. The second-order valence-corrected chi connectivity index (χ2v) is 5.17. The van der Waals surface area contributed by atoms with Gasteiger partial charge in [-0.2, -0.15) is 0 Å². The van der Waals surface area contributed by atoms with Crippen LogP contribution in [0.25, 0.3) is 6.08 Å². The Kier molecular flexibility index (Phi) is 4.61. The Morgan fingerprint density at radius 3 is 2.60 bits per heavy atom. The van der Waals surface area contributed by atoms with Gasteiger partial charge in [-0.05, 0) is 74.1 Å². The quantitative estimate of drug-likeness (QED) is 0.668. The SMILES string of the molecule is Cc1cc(/C=C/C(=O)O)cc(C)c1OC1C=CCCC1. The number of ether oxygens (including phenoxy) is 1. The summed E-state index contributed by atoms with van der Waals surface area (Å²) in [7, 11) is 0. The molecule has 1 aromatic rings. The zero-order chi connectivity index (χ0) is 14.5. The van der Waals surface area contributed by atoms with E-state index in [1.54, 1.807) is 6.08 Å². The van der Waals surface area contributed by atoms with E-state index >= 15 is 0 Å². The molecule has 0 bridgehead atoms. The van der Waals surface area contributed by atoms with E-state index in [9.17, 15) is 4.79 Å². The molecule has 0 fully saturated rings. The van der Waals surface area contributed by atoms with Crippen LogP contribution in [0.15, 0.2) is 30.4 Å². The predicted octanol–water partition coefficient (Wildman–Crippen LogP) is 3.89. The van der Waals surface area contributed by atoms with Crippen molar-refractivity contribution in [2.45, 2.75) is 39.2 Å². The Morgan fingerprint density at radius 1 is 1.35 bits per heavy atom. The van der Waals surface area contributed by atoms with Crippen molar-refractivity contribution in [3.05, 3.63) is 47.1 Å². The summed E-state index contributed by atoms with van der Waals surface area (Å²) in [5.41, 5.74) is 2.96. The number of benzene rings is 1. The Morgan fingerprint density at radius 2 is 2.05 bits per heavy atom. The first-order valence-corrected chi connectivity index (χ1v) is 6.92. The first kappa shape index (κ1) is 14.4. The molecule has 1 aliphatic rings. The molecule has 20 heavy (non-hydrogen) atoms. The third-order valence-electron chi connectivity index (χ3n) is 3.38. The maximum Gasteiger partial charge on any atom is 0.328 e. The van der Waals surface area contributed by atoms with Crippen LogP contribution >= 0.6 is 0 Å². The number of allylic oxidation sites excluding steroid dienone is 1. The Bertz CT molecular complexity index is 532. The van der Waals surface area contributed by atoms with E-state index < -0.39 is 5.97 Å². The summed E-state index contributed by atoms with van der Waals surface area (Å²) in [6.07, 6.45) is 10.6. The van der Waals surface area contributed by atoms with Crippen molar-refractivity contribution in [2.24, 2.45) is 0 Å². The summed E-state index contributed by atoms with van der Waals surface area (Å²) in [6, 6.07) is 3.91. The molecular formula is C17H20O3. The number of aryl methyl sites for hydroxylation is 2. The van der Waals surface area contributed by atoms with E-state index in [-0.39, 0.29) is 6.10 Å². The van der Waals surface area contributed by atoms with Crippen LogP contribution in [0.2, 0.25) is 0 Å². The lowest BCUT2D eigenvalue weighted by Gasteiger charge is -2.21. The predicted molar refractivity (Wildman–Crippen MR) is 80.0 cm³/mol. The average molecular weight is 272 g/mol. The summed E-state index contributed by atoms with van der Waals surface area (Å²) < 4.78 is 6.07. The van der Waals surface area contributed by atoms with E-state index in [0.29, 0.717) is 0 Å². The lowest BCUT2D eigenvalue weighted by Crippen LogP contribution is -2.16. The molecule has 1 unspecified atom stereocenters. The number of carboxylic acid groups (broad SMARTS) is 1. The molecule has 1 aliphatic carbocycles. The van der Waals surface area contributed by atoms with Crippen LogP contribution in [-0.4, -0.2) is 17.2 Å². The molecule has 0 saturated heterocycles. The van der Waals surface area contributed by atoms with Gasteiger partial charge < -0.3 is 9.84 Å². The second-order valence-electron chi connectivity index (χ2n) is 5.17. The maximum absolute atomic E-state index is 10.6. The molecule has 1 aromatic carbocycles. The zero-order valence-electron chi connectivity index (χ0n) is 11.9. The first-order valence-electron chi connectivity index (χ1n) is 6.92. The van der Waals surface area contributed by atoms with Gasteiger partial charge in [-0.1, -0.05) is 6.08 Å². The minimum atomic E-state index is -0.937. The minimum Gasteiger partial charge on any atom is -0.486 e. The van der Waals surface area contributed by atoms with Crippen molar-refractivity contribution in [3.8, 4) is 5.75 Å². The van der Waals surface area contributed by atoms with Crippen LogP contribution in [0.5, 0.6) is 5.75 Å². The van der Waals surface area contributed by atoms with Crippen LogP contribution in [-0.2, 0) is 4.79 Å². The highest BCUT2D eigenvalue weighted by molar-refractivity contribution is 5.85. The lowest BCUT2D eigenvalue weighted by molar-refractivity contribution is -0.131. The average Bonchev–Trinajstić information content (AvgIpc) is 2.42. The van der Waals surface area contributed by atoms with Gasteiger partial charge in [-0.3, -0.25) is 0 Å². The molecule has 3 nitrogen and oxygen atoms in total. The first-order chi connectivity index (χ1) is 9.56. The van der Waals surface area contributed by atoms with Gasteiger partial charge in [0.05, 0.1) is 0 Å². The van der Waals surface area contributed by atoms with E-state index in [2.05, 4.69) is 12.2 Å². The third-order valence-corrected chi connectivity index (χ3v) is 3.38. The van der Waals surface area contributed by atoms with Gasteiger partial charge in [0.2, 0.25) is 0 Å². The molecule has 1 N–H and O–H groups in total. The molecule has 1 atom stereocenters. The number of carbonyl (C=O) groups is 1. The van der Waals surface area contributed by atoms with Gasteiger partial charge in [0.1, 0.15) is 11.9 Å². The zero-order valence-corrected chi connectivity index (χ0v) is 11.9. The summed E-state index contributed by atoms with van der Waals surface area (Å²) >= 11 is 0. The topological polar surface area (TPSA) is 46.5 Å². The number of hydrogen-bond acceptors (Lipinski definition) is 2. The van der Waals surface area contributed by atoms with Crippen LogP contribution in [0.1, 0.15) is 36.0 Å². The van der Waals surface area contributed by atoms with Gasteiger partial charge >= 0.3 is 5.97 Å². The summed E-state index contributed by atoms with van der Waals surface area (Å²) in [5.74, 6) is -0.0259. The highest BCUT2D eigenvalue weighted by Gasteiger charge is 2.13. The molecule has 0 aliphatic heterocycles. The van der Waals surface area contributed by atoms with E-state index in [4.69, 9.17) is 9.84 Å². The molecular weight excluding hydrogens is 252 g/mol. The van der Waals surface area contributed by atoms with Crippen molar-refractivity contribution >= 4 is 12.0 Å². The van der Waals surface area contributed by atoms with Gasteiger partial charge in [0, 0.05) is 6.08 Å². The van der Waals surface area contributed by atoms with Gasteiger partial charge in [0.15, 0.2) is 0 Å².